The number of hydrogen-bond donors (Lipinski definition) is 0. The van der Waals surface area contributed by atoms with Crippen molar-refractivity contribution in [2.45, 2.75) is 51.4 Å². The van der Waals surface area contributed by atoms with Crippen molar-refractivity contribution in [3.8, 4) is 0 Å². The van der Waals surface area contributed by atoms with Crippen LogP contribution >= 0.6 is 0 Å². The Kier molecular flexibility index (Phi) is 4.33. The molecule has 112 valence electrons. The average molecular weight is 281 g/mol. The fraction of sp³-hybridized carbons (Fsp3) is 0.857. The zero-order chi connectivity index (χ0) is 13.9. The predicted octanol–water partition coefficient (Wildman–Crippen LogP) is 1.71. The number of morpholine rings is 1. The van der Waals surface area contributed by atoms with Gasteiger partial charge in [0.1, 0.15) is 6.10 Å². The predicted molar refractivity (Wildman–Crippen MR) is 72.4 cm³/mol. The molecule has 0 bridgehead atoms. The summed E-state index contributed by atoms with van der Waals surface area (Å²) in [5.41, 5.74) is 0. The average Bonchev–Trinajstić information content (AvgIpc) is 2.78. The van der Waals surface area contributed by atoms with Crippen molar-refractivity contribution in [3.63, 3.8) is 0 Å². The monoisotopic (exact) mass is 281 g/mol. The van der Waals surface area contributed by atoms with E-state index in [9.17, 15) is 0 Å². The molecule has 0 N–H and O–H groups in total. The van der Waals surface area contributed by atoms with E-state index in [2.05, 4.69) is 22.0 Å². The molecular weight excluding hydrogens is 258 g/mol. The van der Waals surface area contributed by atoms with E-state index < -0.39 is 0 Å². The lowest BCUT2D eigenvalue weighted by Crippen LogP contribution is -2.44. The molecule has 6 heteroatoms. The summed E-state index contributed by atoms with van der Waals surface area (Å²) in [4.78, 5) is 2.36. The molecule has 0 aromatic carbocycles. The Morgan fingerprint density at radius 2 is 2.15 bits per heavy atom. The summed E-state index contributed by atoms with van der Waals surface area (Å²) in [5.74, 6) is 1.17. The van der Waals surface area contributed by atoms with Crippen LogP contribution < -0.4 is 0 Å². The highest BCUT2D eigenvalue weighted by atomic mass is 16.5. The molecular formula is C14H23N3O3. The lowest BCUT2D eigenvalue weighted by Gasteiger charge is -2.35. The normalized spacial score (nSPS) is 28.5. The lowest BCUT2D eigenvalue weighted by molar-refractivity contribution is -0.0979. The molecule has 1 aliphatic heterocycles. The van der Waals surface area contributed by atoms with Gasteiger partial charge in [-0.2, -0.15) is 0 Å². The van der Waals surface area contributed by atoms with Crippen LogP contribution in [0.3, 0.4) is 0 Å². The van der Waals surface area contributed by atoms with E-state index in [1.54, 1.807) is 6.92 Å². The van der Waals surface area contributed by atoms with Crippen LogP contribution in [-0.2, 0) is 9.47 Å². The number of nitrogens with zero attached hydrogens (tertiary/aromatic N) is 3. The Morgan fingerprint density at radius 3 is 2.80 bits per heavy atom. The first-order valence-corrected chi connectivity index (χ1v) is 7.50. The summed E-state index contributed by atoms with van der Waals surface area (Å²) in [6.45, 7) is 7.33. The number of aromatic nitrogens is 2. The van der Waals surface area contributed by atoms with Crippen LogP contribution in [0, 0.1) is 6.92 Å². The van der Waals surface area contributed by atoms with E-state index in [1.165, 1.54) is 19.3 Å². The van der Waals surface area contributed by atoms with Crippen molar-refractivity contribution >= 4 is 0 Å². The molecule has 0 unspecified atom stereocenters. The van der Waals surface area contributed by atoms with E-state index >= 15 is 0 Å². The molecule has 1 aromatic rings. The van der Waals surface area contributed by atoms with Crippen LogP contribution in [-0.4, -0.2) is 53.5 Å². The van der Waals surface area contributed by atoms with E-state index in [-0.39, 0.29) is 12.2 Å². The number of ether oxygens (including phenoxy) is 2. The van der Waals surface area contributed by atoms with Crippen LogP contribution in [0.4, 0.5) is 0 Å². The molecule has 1 aliphatic carbocycles. The maximum Gasteiger partial charge on any atom is 0.246 e. The molecule has 2 atom stereocenters. The standard InChI is InChI=1S/C14H23N3O3/c1-10-8-17(6-7-18-12-4-3-5-12)9-13(19-10)14-16-15-11(2)20-14/h10,12-13H,3-9H2,1-2H3/t10-,13-/m1/s1. The first-order valence-electron chi connectivity index (χ1n) is 7.50. The number of rotatable bonds is 5. The molecule has 2 aliphatic rings. The molecule has 20 heavy (non-hydrogen) atoms. The van der Waals surface area contributed by atoms with Crippen molar-refractivity contribution < 1.29 is 13.9 Å². The summed E-state index contributed by atoms with van der Waals surface area (Å²) >= 11 is 0. The summed E-state index contributed by atoms with van der Waals surface area (Å²) in [7, 11) is 0. The van der Waals surface area contributed by atoms with Crippen LogP contribution in [0.1, 0.15) is 44.1 Å². The fourth-order valence-electron chi connectivity index (χ4n) is 2.69. The molecule has 1 saturated heterocycles. The SMILES string of the molecule is Cc1nnc([C@H]2CN(CCOC3CCC3)C[C@@H](C)O2)o1. The summed E-state index contributed by atoms with van der Waals surface area (Å²) < 4.78 is 17.2. The van der Waals surface area contributed by atoms with E-state index in [0.717, 1.165) is 26.2 Å². The Balaban J connectivity index is 1.50. The highest BCUT2D eigenvalue weighted by molar-refractivity contribution is 4.90. The van der Waals surface area contributed by atoms with Gasteiger partial charge < -0.3 is 13.9 Å². The second kappa shape index (κ2) is 6.20. The molecule has 1 saturated carbocycles. The van der Waals surface area contributed by atoms with E-state index in [1.807, 2.05) is 0 Å². The lowest BCUT2D eigenvalue weighted by atomic mass is 9.96. The third-order valence-corrected chi connectivity index (χ3v) is 3.97. The Bertz CT molecular complexity index is 433. The van der Waals surface area contributed by atoms with Crippen LogP contribution in [0.15, 0.2) is 4.42 Å². The van der Waals surface area contributed by atoms with Gasteiger partial charge in [0.25, 0.3) is 0 Å². The minimum Gasteiger partial charge on any atom is -0.423 e. The Labute approximate surface area is 119 Å². The van der Waals surface area contributed by atoms with Crippen molar-refractivity contribution in [1.82, 2.24) is 15.1 Å². The van der Waals surface area contributed by atoms with Crippen molar-refractivity contribution in [2.24, 2.45) is 0 Å². The van der Waals surface area contributed by atoms with Gasteiger partial charge in [-0.25, -0.2) is 0 Å². The largest absolute Gasteiger partial charge is 0.423 e. The van der Waals surface area contributed by atoms with Gasteiger partial charge in [-0.15, -0.1) is 10.2 Å². The first-order chi connectivity index (χ1) is 9.70. The summed E-state index contributed by atoms with van der Waals surface area (Å²) in [6, 6.07) is 0. The van der Waals surface area contributed by atoms with Gasteiger partial charge in [0, 0.05) is 26.6 Å². The first kappa shape index (κ1) is 14.0. The van der Waals surface area contributed by atoms with Crippen molar-refractivity contribution in [2.75, 3.05) is 26.2 Å². The molecule has 2 fully saturated rings. The highest BCUT2D eigenvalue weighted by Crippen LogP contribution is 2.25. The maximum absolute atomic E-state index is 5.90. The zero-order valence-corrected chi connectivity index (χ0v) is 12.2. The van der Waals surface area contributed by atoms with Gasteiger partial charge in [-0.3, -0.25) is 4.90 Å². The summed E-state index contributed by atoms with van der Waals surface area (Å²) in [5, 5.41) is 7.95. The van der Waals surface area contributed by atoms with E-state index in [0.29, 0.717) is 17.9 Å². The van der Waals surface area contributed by atoms with Gasteiger partial charge in [0.15, 0.2) is 0 Å². The molecule has 3 rings (SSSR count). The van der Waals surface area contributed by atoms with Gasteiger partial charge in [0.2, 0.25) is 11.8 Å². The molecule has 1 aromatic heterocycles. The highest BCUT2D eigenvalue weighted by Gasteiger charge is 2.30. The quantitative estimate of drug-likeness (QED) is 0.819. The fourth-order valence-corrected chi connectivity index (χ4v) is 2.69. The number of aryl methyl sites for hydroxylation is 1. The topological polar surface area (TPSA) is 60.6 Å². The second-order valence-corrected chi connectivity index (χ2v) is 5.78. The molecule has 6 nitrogen and oxygen atoms in total. The molecule has 0 radical (unpaired) electrons. The van der Waals surface area contributed by atoms with Gasteiger partial charge in [0.05, 0.1) is 18.8 Å². The zero-order valence-electron chi connectivity index (χ0n) is 12.2. The van der Waals surface area contributed by atoms with Crippen LogP contribution in [0.2, 0.25) is 0 Å². The Morgan fingerprint density at radius 1 is 1.30 bits per heavy atom. The Hall–Kier alpha value is -0.980. The van der Waals surface area contributed by atoms with E-state index in [4.69, 9.17) is 13.9 Å². The van der Waals surface area contributed by atoms with Crippen LogP contribution in [0.5, 0.6) is 0 Å². The van der Waals surface area contributed by atoms with Crippen molar-refractivity contribution in [1.29, 1.82) is 0 Å². The summed E-state index contributed by atoms with van der Waals surface area (Å²) in [6.07, 6.45) is 4.32. The van der Waals surface area contributed by atoms with Crippen LogP contribution in [0.25, 0.3) is 0 Å². The second-order valence-electron chi connectivity index (χ2n) is 5.78. The third kappa shape index (κ3) is 3.37. The van der Waals surface area contributed by atoms with Gasteiger partial charge >= 0.3 is 0 Å². The van der Waals surface area contributed by atoms with Gasteiger partial charge in [-0.1, -0.05) is 0 Å². The third-order valence-electron chi connectivity index (χ3n) is 3.97. The minimum atomic E-state index is -0.122. The smallest absolute Gasteiger partial charge is 0.246 e. The van der Waals surface area contributed by atoms with Crippen molar-refractivity contribution in [3.05, 3.63) is 11.8 Å². The molecule has 2 heterocycles. The molecule has 0 amide bonds. The maximum atomic E-state index is 5.90. The number of hydrogen-bond acceptors (Lipinski definition) is 6. The minimum absolute atomic E-state index is 0.122. The van der Waals surface area contributed by atoms with Gasteiger partial charge in [-0.05, 0) is 26.2 Å². The molecule has 0 spiro atoms.